The molecule has 0 bridgehead atoms. The van der Waals surface area contributed by atoms with E-state index >= 15 is 0 Å². The molecule has 1 aliphatic rings. The van der Waals surface area contributed by atoms with Crippen molar-refractivity contribution >= 4 is 15.7 Å². The lowest BCUT2D eigenvalue weighted by atomic mass is 9.90. The zero-order valence-electron chi connectivity index (χ0n) is 12.1. The van der Waals surface area contributed by atoms with Crippen LogP contribution in [0.1, 0.15) is 18.9 Å². The molecule has 2 N–H and O–H groups in total. The van der Waals surface area contributed by atoms with Crippen molar-refractivity contribution in [2.24, 2.45) is 11.1 Å². The monoisotopic (exact) mass is 313 g/mol. The van der Waals surface area contributed by atoms with Gasteiger partial charge in [0.1, 0.15) is 0 Å². The molecule has 1 aromatic carbocycles. The summed E-state index contributed by atoms with van der Waals surface area (Å²) in [5.74, 6) is 0. The highest BCUT2D eigenvalue weighted by Gasteiger charge is 2.39. The molecule has 8 heteroatoms. The fourth-order valence-electron chi connectivity index (χ4n) is 2.47. The minimum atomic E-state index is -3.73. The van der Waals surface area contributed by atoms with Crippen LogP contribution in [0.3, 0.4) is 0 Å². The third kappa shape index (κ3) is 2.92. The van der Waals surface area contributed by atoms with Gasteiger partial charge in [0.25, 0.3) is 5.69 Å². The Labute approximate surface area is 123 Å². The Bertz CT molecular complexity index is 674. The van der Waals surface area contributed by atoms with E-state index in [0.717, 1.165) is 6.07 Å². The van der Waals surface area contributed by atoms with Gasteiger partial charge < -0.3 is 5.73 Å². The van der Waals surface area contributed by atoms with Crippen LogP contribution < -0.4 is 5.73 Å². The molecule has 21 heavy (non-hydrogen) atoms. The number of hydrogen-bond acceptors (Lipinski definition) is 5. The maximum atomic E-state index is 12.7. The van der Waals surface area contributed by atoms with Crippen molar-refractivity contribution < 1.29 is 13.3 Å². The van der Waals surface area contributed by atoms with E-state index in [9.17, 15) is 18.5 Å². The van der Waals surface area contributed by atoms with E-state index in [4.69, 9.17) is 5.73 Å². The molecule has 1 heterocycles. The first kappa shape index (κ1) is 15.9. The van der Waals surface area contributed by atoms with Crippen molar-refractivity contribution in [2.75, 3.05) is 19.6 Å². The van der Waals surface area contributed by atoms with Gasteiger partial charge in [-0.3, -0.25) is 10.1 Å². The average molecular weight is 313 g/mol. The van der Waals surface area contributed by atoms with Crippen LogP contribution in [0.4, 0.5) is 5.69 Å². The Morgan fingerprint density at radius 1 is 1.48 bits per heavy atom. The summed E-state index contributed by atoms with van der Waals surface area (Å²) in [6, 6.07) is 3.90. The summed E-state index contributed by atoms with van der Waals surface area (Å²) in [5, 5.41) is 10.8. The van der Waals surface area contributed by atoms with Gasteiger partial charge in [0.05, 0.1) is 9.82 Å². The zero-order valence-corrected chi connectivity index (χ0v) is 12.9. The van der Waals surface area contributed by atoms with Crippen LogP contribution >= 0.6 is 0 Å². The molecule has 0 radical (unpaired) electrons. The van der Waals surface area contributed by atoms with Crippen LogP contribution in [0.5, 0.6) is 0 Å². The molecule has 0 saturated carbocycles. The number of nitrogens with zero attached hydrogens (tertiary/aromatic N) is 2. The van der Waals surface area contributed by atoms with Crippen LogP contribution in [0.25, 0.3) is 0 Å². The molecule has 0 aromatic heterocycles. The van der Waals surface area contributed by atoms with Crippen molar-refractivity contribution in [3.05, 3.63) is 33.9 Å². The molecule has 0 aliphatic carbocycles. The van der Waals surface area contributed by atoms with Crippen LogP contribution in [0, 0.1) is 22.5 Å². The summed E-state index contributed by atoms with van der Waals surface area (Å²) in [7, 11) is -3.73. The first-order chi connectivity index (χ1) is 9.69. The third-order valence-corrected chi connectivity index (χ3v) is 6.00. The van der Waals surface area contributed by atoms with E-state index < -0.39 is 14.9 Å². The van der Waals surface area contributed by atoms with Gasteiger partial charge in [-0.25, -0.2) is 8.42 Å². The van der Waals surface area contributed by atoms with Gasteiger partial charge in [0.15, 0.2) is 0 Å². The molecule has 1 fully saturated rings. The average Bonchev–Trinajstić information content (AvgIpc) is 2.83. The Morgan fingerprint density at radius 2 is 2.14 bits per heavy atom. The number of nitrogens with two attached hydrogens (primary N) is 1. The van der Waals surface area contributed by atoms with Gasteiger partial charge in [-0.2, -0.15) is 4.31 Å². The predicted molar refractivity (Wildman–Crippen MR) is 78.4 cm³/mol. The maximum Gasteiger partial charge on any atom is 0.270 e. The predicted octanol–water partition coefficient (Wildman–Crippen LogP) is 1.26. The van der Waals surface area contributed by atoms with Crippen LogP contribution in [0.15, 0.2) is 23.1 Å². The number of nitro groups is 1. The summed E-state index contributed by atoms with van der Waals surface area (Å²) in [6.07, 6.45) is 0.691. The number of sulfonamides is 1. The highest BCUT2D eigenvalue weighted by atomic mass is 32.2. The van der Waals surface area contributed by atoms with Crippen LogP contribution in [-0.2, 0) is 10.0 Å². The van der Waals surface area contributed by atoms with Crippen molar-refractivity contribution in [1.29, 1.82) is 0 Å². The van der Waals surface area contributed by atoms with Crippen molar-refractivity contribution in [3.8, 4) is 0 Å². The number of benzene rings is 1. The Morgan fingerprint density at radius 3 is 2.67 bits per heavy atom. The molecule has 0 spiro atoms. The summed E-state index contributed by atoms with van der Waals surface area (Å²) in [4.78, 5) is 10.2. The molecular formula is C13H19N3O4S. The molecule has 7 nitrogen and oxygen atoms in total. The largest absolute Gasteiger partial charge is 0.330 e. The van der Waals surface area contributed by atoms with Crippen molar-refractivity contribution in [1.82, 2.24) is 4.31 Å². The lowest BCUT2D eigenvalue weighted by Gasteiger charge is -2.22. The van der Waals surface area contributed by atoms with Gasteiger partial charge >= 0.3 is 0 Å². The first-order valence-corrected chi connectivity index (χ1v) is 8.09. The second kappa shape index (κ2) is 5.36. The number of nitro benzene ring substituents is 1. The molecular weight excluding hydrogens is 294 g/mol. The molecule has 1 aliphatic heterocycles. The topological polar surface area (TPSA) is 107 Å². The highest BCUT2D eigenvalue weighted by molar-refractivity contribution is 7.89. The Balaban J connectivity index is 2.41. The minimum Gasteiger partial charge on any atom is -0.330 e. The van der Waals surface area contributed by atoms with Crippen LogP contribution in [-0.4, -0.2) is 37.3 Å². The van der Waals surface area contributed by atoms with E-state index in [1.54, 1.807) is 6.92 Å². The highest BCUT2D eigenvalue weighted by Crippen LogP contribution is 2.34. The standard InChI is InChI=1S/C13H19N3O4S/c1-10-3-4-11(16(17)18)7-12(10)21(19,20)15-6-5-13(2,8-14)9-15/h3-4,7H,5-6,8-9,14H2,1-2H3. The van der Waals surface area contributed by atoms with E-state index in [0.29, 0.717) is 31.6 Å². The van der Waals surface area contributed by atoms with Gasteiger partial charge in [0, 0.05) is 25.2 Å². The fraction of sp³-hybridized carbons (Fsp3) is 0.538. The van der Waals surface area contributed by atoms with Gasteiger partial charge in [-0.05, 0) is 30.9 Å². The second-order valence-corrected chi connectivity index (χ2v) is 7.72. The van der Waals surface area contributed by atoms with E-state index in [1.165, 1.54) is 16.4 Å². The van der Waals surface area contributed by atoms with E-state index in [-0.39, 0.29) is 16.0 Å². The number of non-ortho nitro benzene ring substituents is 1. The third-order valence-electron chi connectivity index (χ3n) is 4.02. The van der Waals surface area contributed by atoms with Gasteiger partial charge in [-0.1, -0.05) is 13.0 Å². The van der Waals surface area contributed by atoms with Crippen molar-refractivity contribution in [3.63, 3.8) is 0 Å². The smallest absolute Gasteiger partial charge is 0.270 e. The molecule has 1 aromatic rings. The van der Waals surface area contributed by atoms with Gasteiger partial charge in [-0.15, -0.1) is 0 Å². The molecule has 1 unspecified atom stereocenters. The molecule has 2 rings (SSSR count). The molecule has 0 amide bonds. The Hall–Kier alpha value is -1.51. The SMILES string of the molecule is Cc1ccc([N+](=O)[O-])cc1S(=O)(=O)N1CCC(C)(CN)C1. The lowest BCUT2D eigenvalue weighted by Crippen LogP contribution is -2.34. The number of hydrogen-bond donors (Lipinski definition) is 1. The number of aryl methyl sites for hydroxylation is 1. The van der Waals surface area contributed by atoms with E-state index in [2.05, 4.69) is 0 Å². The van der Waals surface area contributed by atoms with E-state index in [1.807, 2.05) is 6.92 Å². The zero-order chi connectivity index (χ0) is 15.8. The summed E-state index contributed by atoms with van der Waals surface area (Å²) >= 11 is 0. The summed E-state index contributed by atoms with van der Waals surface area (Å²) in [6.45, 7) is 4.72. The normalized spacial score (nSPS) is 23.4. The van der Waals surface area contributed by atoms with Crippen molar-refractivity contribution in [2.45, 2.75) is 25.2 Å². The molecule has 1 saturated heterocycles. The maximum absolute atomic E-state index is 12.7. The quantitative estimate of drug-likeness (QED) is 0.665. The first-order valence-electron chi connectivity index (χ1n) is 6.65. The number of rotatable bonds is 4. The fourth-order valence-corrected chi connectivity index (χ4v) is 4.31. The second-order valence-electron chi connectivity index (χ2n) is 5.81. The molecule has 1 atom stereocenters. The molecule has 116 valence electrons. The lowest BCUT2D eigenvalue weighted by molar-refractivity contribution is -0.385. The Kier molecular flexibility index (Phi) is 4.05. The summed E-state index contributed by atoms with van der Waals surface area (Å²) in [5.41, 5.74) is 5.74. The van der Waals surface area contributed by atoms with Crippen LogP contribution in [0.2, 0.25) is 0 Å². The summed E-state index contributed by atoms with van der Waals surface area (Å²) < 4.78 is 26.8. The van der Waals surface area contributed by atoms with Gasteiger partial charge in [0.2, 0.25) is 10.0 Å². The minimum absolute atomic E-state index is 0.00188.